The Morgan fingerprint density at radius 1 is 1.30 bits per heavy atom. The van der Waals surface area contributed by atoms with Crippen LogP contribution in [0.2, 0.25) is 10.0 Å². The van der Waals surface area contributed by atoms with Crippen LogP contribution >= 0.6 is 23.2 Å². The zero-order chi connectivity index (χ0) is 14.7. The molecule has 0 aliphatic carbocycles. The van der Waals surface area contributed by atoms with Gasteiger partial charge in [0, 0.05) is 15.6 Å². The number of H-pyrrole nitrogens is 1. The number of hydrogen-bond acceptors (Lipinski definition) is 5. The normalized spacial score (nSPS) is 10.3. The third kappa shape index (κ3) is 3.36. The van der Waals surface area contributed by atoms with Crippen LogP contribution in [0.5, 0.6) is 0 Å². The minimum atomic E-state index is -0.569. The first kappa shape index (κ1) is 14.5. The van der Waals surface area contributed by atoms with Crippen molar-refractivity contribution in [3.05, 3.63) is 51.4 Å². The van der Waals surface area contributed by atoms with Crippen molar-refractivity contribution in [2.24, 2.45) is 5.84 Å². The molecule has 0 aliphatic rings. The first-order valence-electron chi connectivity index (χ1n) is 5.57. The van der Waals surface area contributed by atoms with E-state index in [1.807, 2.05) is 0 Å². The third-order valence-electron chi connectivity index (χ3n) is 2.36. The number of hydrogen-bond donors (Lipinski definition) is 2. The molecule has 1 heterocycles. The van der Waals surface area contributed by atoms with Crippen molar-refractivity contribution >= 4 is 29.2 Å². The molecule has 6 nitrogen and oxygen atoms in total. The number of benzene rings is 1. The van der Waals surface area contributed by atoms with Crippen molar-refractivity contribution in [3.63, 3.8) is 0 Å². The second kappa shape index (κ2) is 6.04. The first-order chi connectivity index (χ1) is 9.49. The van der Waals surface area contributed by atoms with Crippen LogP contribution in [0.1, 0.15) is 0 Å². The van der Waals surface area contributed by atoms with Gasteiger partial charge in [-0.25, -0.2) is 10.6 Å². The van der Waals surface area contributed by atoms with Gasteiger partial charge in [0.1, 0.15) is 5.82 Å². The number of rotatable bonds is 4. The van der Waals surface area contributed by atoms with Crippen LogP contribution in [0.3, 0.4) is 0 Å². The largest absolute Gasteiger partial charge is 0.349 e. The second-order valence-electron chi connectivity index (χ2n) is 3.90. The lowest BCUT2D eigenvalue weighted by molar-refractivity contribution is 0.847. The van der Waals surface area contributed by atoms with E-state index in [0.29, 0.717) is 22.2 Å². The summed E-state index contributed by atoms with van der Waals surface area (Å²) in [6.07, 6.45) is 1.57. The standard InChI is InChI=1S/C12H11Cl2N5O/c1-2-3-19(15)11-16-10(17-12(20)18-11)7-4-8(13)6-9(14)5-7/h2,4-6H,1,3,15H2,(H,16,17,18,20). The van der Waals surface area contributed by atoms with Crippen LogP contribution in [0, 0.1) is 0 Å². The molecule has 1 aromatic heterocycles. The maximum Gasteiger partial charge on any atom is 0.349 e. The molecule has 0 fully saturated rings. The number of nitrogens with two attached hydrogens (primary N) is 1. The minimum Gasteiger partial charge on any atom is -0.290 e. The number of anilines is 1. The van der Waals surface area contributed by atoms with E-state index in [1.54, 1.807) is 24.3 Å². The number of hydrazine groups is 1. The molecule has 20 heavy (non-hydrogen) atoms. The van der Waals surface area contributed by atoms with E-state index in [9.17, 15) is 4.79 Å². The predicted molar refractivity (Wildman–Crippen MR) is 79.8 cm³/mol. The van der Waals surface area contributed by atoms with Gasteiger partial charge in [0.15, 0.2) is 0 Å². The summed E-state index contributed by atoms with van der Waals surface area (Å²) in [4.78, 5) is 22.0. The van der Waals surface area contributed by atoms with Crippen LogP contribution in [-0.4, -0.2) is 21.5 Å². The highest BCUT2D eigenvalue weighted by atomic mass is 35.5. The molecule has 0 bridgehead atoms. The summed E-state index contributed by atoms with van der Waals surface area (Å²) in [5.74, 6) is 6.08. The van der Waals surface area contributed by atoms with Crippen LogP contribution in [0.4, 0.5) is 5.95 Å². The molecule has 0 unspecified atom stereocenters. The lowest BCUT2D eigenvalue weighted by Crippen LogP contribution is -2.34. The maximum absolute atomic E-state index is 11.6. The molecule has 0 spiro atoms. The molecule has 8 heteroatoms. The van der Waals surface area contributed by atoms with Crippen LogP contribution in [-0.2, 0) is 0 Å². The summed E-state index contributed by atoms with van der Waals surface area (Å²) in [5, 5.41) is 2.08. The minimum absolute atomic E-state index is 0.0831. The lowest BCUT2D eigenvalue weighted by atomic mass is 10.2. The van der Waals surface area contributed by atoms with Gasteiger partial charge in [0.2, 0.25) is 5.95 Å². The summed E-state index contributed by atoms with van der Waals surface area (Å²) in [5.41, 5.74) is -0.00383. The predicted octanol–water partition coefficient (Wildman–Crippen LogP) is 2.00. The van der Waals surface area contributed by atoms with Gasteiger partial charge in [-0.15, -0.1) is 6.58 Å². The van der Waals surface area contributed by atoms with Gasteiger partial charge in [-0.2, -0.15) is 9.97 Å². The number of halogens is 2. The van der Waals surface area contributed by atoms with Gasteiger partial charge in [0.25, 0.3) is 0 Å². The van der Waals surface area contributed by atoms with E-state index in [0.717, 1.165) is 0 Å². The zero-order valence-electron chi connectivity index (χ0n) is 10.3. The van der Waals surface area contributed by atoms with Crippen molar-refractivity contribution in [2.45, 2.75) is 0 Å². The summed E-state index contributed by atoms with van der Waals surface area (Å²) in [7, 11) is 0. The highest BCUT2D eigenvalue weighted by Gasteiger charge is 2.10. The number of nitrogens with one attached hydrogen (secondary N) is 1. The fourth-order valence-electron chi connectivity index (χ4n) is 1.55. The van der Waals surface area contributed by atoms with Crippen molar-refractivity contribution in [3.8, 4) is 11.4 Å². The average Bonchev–Trinajstić information content (AvgIpc) is 2.37. The Bertz CT molecular complexity index is 680. The van der Waals surface area contributed by atoms with E-state index in [1.165, 1.54) is 5.01 Å². The molecule has 2 rings (SSSR count). The molecule has 0 amide bonds. The topological polar surface area (TPSA) is 87.9 Å². The van der Waals surface area contributed by atoms with Crippen LogP contribution < -0.4 is 16.5 Å². The van der Waals surface area contributed by atoms with Crippen molar-refractivity contribution in [1.82, 2.24) is 15.0 Å². The Labute approximate surface area is 124 Å². The molecule has 2 aromatic rings. The van der Waals surface area contributed by atoms with Crippen molar-refractivity contribution < 1.29 is 0 Å². The molecular weight excluding hydrogens is 301 g/mol. The molecule has 0 atom stereocenters. The monoisotopic (exact) mass is 311 g/mol. The third-order valence-corrected chi connectivity index (χ3v) is 2.79. The summed E-state index contributed by atoms with van der Waals surface area (Å²) >= 11 is 11.8. The van der Waals surface area contributed by atoms with E-state index in [4.69, 9.17) is 29.0 Å². The Kier molecular flexibility index (Phi) is 4.39. The molecule has 0 saturated carbocycles. The van der Waals surface area contributed by atoms with E-state index in [2.05, 4.69) is 21.5 Å². The molecule has 3 N–H and O–H groups in total. The van der Waals surface area contributed by atoms with E-state index >= 15 is 0 Å². The number of aromatic nitrogens is 3. The van der Waals surface area contributed by atoms with Crippen molar-refractivity contribution in [1.29, 1.82) is 0 Å². The quantitative estimate of drug-likeness (QED) is 0.512. The Balaban J connectivity index is 2.51. The fraction of sp³-hybridized carbons (Fsp3) is 0.0833. The highest BCUT2D eigenvalue weighted by molar-refractivity contribution is 6.35. The maximum atomic E-state index is 11.6. The van der Waals surface area contributed by atoms with E-state index < -0.39 is 5.69 Å². The van der Waals surface area contributed by atoms with E-state index in [-0.39, 0.29) is 11.8 Å². The smallest absolute Gasteiger partial charge is 0.290 e. The average molecular weight is 312 g/mol. The van der Waals surface area contributed by atoms with Gasteiger partial charge < -0.3 is 0 Å². The zero-order valence-corrected chi connectivity index (χ0v) is 11.8. The molecule has 1 aromatic carbocycles. The number of aromatic amines is 1. The Morgan fingerprint density at radius 3 is 2.55 bits per heavy atom. The summed E-state index contributed by atoms with van der Waals surface area (Å²) < 4.78 is 0. The SMILES string of the molecule is C=CCN(N)c1nc(-c2cc(Cl)cc(Cl)c2)[nH]c(=O)n1. The van der Waals surface area contributed by atoms with Crippen molar-refractivity contribution in [2.75, 3.05) is 11.6 Å². The molecule has 104 valence electrons. The summed E-state index contributed by atoms with van der Waals surface area (Å²) in [6.45, 7) is 3.86. The Morgan fingerprint density at radius 2 is 1.95 bits per heavy atom. The fourth-order valence-corrected chi connectivity index (χ4v) is 2.08. The van der Waals surface area contributed by atoms with Gasteiger partial charge in [-0.3, -0.25) is 9.99 Å². The first-order valence-corrected chi connectivity index (χ1v) is 6.33. The van der Waals surface area contributed by atoms with Crippen LogP contribution in [0.15, 0.2) is 35.6 Å². The number of nitrogens with zero attached hydrogens (tertiary/aromatic N) is 3. The van der Waals surface area contributed by atoms with Gasteiger partial charge in [-0.1, -0.05) is 29.3 Å². The van der Waals surface area contributed by atoms with Crippen LogP contribution in [0.25, 0.3) is 11.4 Å². The summed E-state index contributed by atoms with van der Waals surface area (Å²) in [6, 6.07) is 4.84. The molecule has 0 radical (unpaired) electrons. The Hall–Kier alpha value is -1.89. The lowest BCUT2D eigenvalue weighted by Gasteiger charge is -2.14. The molecule has 0 aliphatic heterocycles. The van der Waals surface area contributed by atoms with Gasteiger partial charge in [-0.05, 0) is 18.2 Å². The highest BCUT2D eigenvalue weighted by Crippen LogP contribution is 2.24. The molecule has 0 saturated heterocycles. The second-order valence-corrected chi connectivity index (χ2v) is 4.77. The van der Waals surface area contributed by atoms with Gasteiger partial charge in [0.05, 0.1) is 6.54 Å². The van der Waals surface area contributed by atoms with Gasteiger partial charge >= 0.3 is 5.69 Å². The molecular formula is C12H11Cl2N5O.